The Morgan fingerprint density at radius 1 is 1.58 bits per heavy atom. The second-order valence-corrected chi connectivity index (χ2v) is 6.17. The van der Waals surface area contributed by atoms with Crippen molar-refractivity contribution < 1.29 is 10.0 Å². The summed E-state index contributed by atoms with van der Waals surface area (Å²) in [6.45, 7) is 5.58. The van der Waals surface area contributed by atoms with E-state index in [1.807, 2.05) is 0 Å². The van der Waals surface area contributed by atoms with Crippen molar-refractivity contribution in [3.05, 3.63) is 21.1 Å². The van der Waals surface area contributed by atoms with Crippen molar-refractivity contribution in [2.24, 2.45) is 5.92 Å². The Bertz CT molecular complexity index is 451. The van der Waals surface area contributed by atoms with E-state index >= 15 is 0 Å². The summed E-state index contributed by atoms with van der Waals surface area (Å²) in [5, 5.41) is 21.4. The highest BCUT2D eigenvalue weighted by Crippen LogP contribution is 2.41. The lowest BCUT2D eigenvalue weighted by molar-refractivity contribution is -0.383. The summed E-state index contributed by atoms with van der Waals surface area (Å²) in [5.74, 6) is 0.742. The molecule has 1 aromatic rings. The highest BCUT2D eigenvalue weighted by atomic mass is 32.1. The van der Waals surface area contributed by atoms with E-state index in [1.165, 1.54) is 23.8 Å². The van der Waals surface area contributed by atoms with E-state index in [1.54, 1.807) is 6.92 Å². The van der Waals surface area contributed by atoms with Gasteiger partial charge in [0.15, 0.2) is 5.00 Å². The number of aliphatic hydroxyl groups excluding tert-OH is 1. The van der Waals surface area contributed by atoms with Crippen LogP contribution >= 0.6 is 11.3 Å². The van der Waals surface area contributed by atoms with Crippen LogP contribution in [0.5, 0.6) is 0 Å². The molecular weight excluding hydrogens is 264 g/mol. The summed E-state index contributed by atoms with van der Waals surface area (Å²) in [5.41, 5.74) is 0.135. The molecule has 1 aliphatic rings. The molecule has 1 N–H and O–H groups in total. The monoisotopic (exact) mass is 284 g/mol. The molecule has 1 aromatic heterocycles. The van der Waals surface area contributed by atoms with E-state index in [2.05, 4.69) is 11.8 Å². The topological polar surface area (TPSA) is 66.6 Å². The summed E-state index contributed by atoms with van der Waals surface area (Å²) >= 11 is 1.35. The molecule has 1 aliphatic heterocycles. The van der Waals surface area contributed by atoms with Crippen LogP contribution in [-0.2, 0) is 0 Å². The molecule has 6 heteroatoms. The Morgan fingerprint density at radius 2 is 2.21 bits per heavy atom. The van der Waals surface area contributed by atoms with Crippen molar-refractivity contribution in [2.75, 3.05) is 18.0 Å². The minimum Gasteiger partial charge on any atom is -0.388 e. The van der Waals surface area contributed by atoms with Crippen LogP contribution in [0.15, 0.2) is 6.07 Å². The van der Waals surface area contributed by atoms with Crippen LogP contribution < -0.4 is 4.90 Å². The first kappa shape index (κ1) is 14.3. The molecule has 1 saturated heterocycles. The smallest absolute Gasteiger partial charge is 0.304 e. The fraction of sp³-hybridized carbons (Fsp3) is 0.692. The summed E-state index contributed by atoms with van der Waals surface area (Å²) in [6.07, 6.45) is 2.72. The van der Waals surface area contributed by atoms with Crippen LogP contribution in [0.1, 0.15) is 44.1 Å². The van der Waals surface area contributed by atoms with Crippen molar-refractivity contribution in [1.29, 1.82) is 0 Å². The molecule has 5 nitrogen and oxygen atoms in total. The largest absolute Gasteiger partial charge is 0.388 e. The number of piperidine rings is 1. The normalized spacial score (nSPS) is 18.6. The lowest BCUT2D eigenvalue weighted by Crippen LogP contribution is -2.33. The zero-order chi connectivity index (χ0) is 14.0. The Morgan fingerprint density at radius 3 is 2.68 bits per heavy atom. The third-order valence-corrected chi connectivity index (χ3v) is 5.16. The van der Waals surface area contributed by atoms with Gasteiger partial charge in [0, 0.05) is 24.0 Å². The Balaban J connectivity index is 2.21. The van der Waals surface area contributed by atoms with Gasteiger partial charge in [0.1, 0.15) is 0 Å². The molecule has 0 aliphatic carbocycles. The van der Waals surface area contributed by atoms with E-state index in [4.69, 9.17) is 0 Å². The summed E-state index contributed by atoms with van der Waals surface area (Å²) < 4.78 is 0. The molecule has 106 valence electrons. The number of thiophene rings is 1. The predicted octanol–water partition coefficient (Wildman–Crippen LogP) is 3.34. The van der Waals surface area contributed by atoms with Gasteiger partial charge in [-0.15, -0.1) is 11.3 Å². The van der Waals surface area contributed by atoms with Gasteiger partial charge in [-0.25, -0.2) is 0 Å². The number of aliphatic hydroxyl groups is 1. The van der Waals surface area contributed by atoms with Gasteiger partial charge < -0.3 is 10.0 Å². The van der Waals surface area contributed by atoms with Crippen LogP contribution in [0.2, 0.25) is 0 Å². The maximum atomic E-state index is 11.1. The zero-order valence-electron chi connectivity index (χ0n) is 11.3. The molecule has 2 rings (SSSR count). The van der Waals surface area contributed by atoms with Crippen molar-refractivity contribution in [3.63, 3.8) is 0 Å². The summed E-state index contributed by atoms with van der Waals surface area (Å²) in [4.78, 5) is 13.5. The molecule has 1 atom stereocenters. The number of anilines is 1. The number of rotatable bonds is 4. The maximum Gasteiger partial charge on any atom is 0.304 e. The van der Waals surface area contributed by atoms with Gasteiger partial charge in [-0.2, -0.15) is 0 Å². The number of nitro groups is 1. The highest BCUT2D eigenvalue weighted by molar-refractivity contribution is 7.16. The van der Waals surface area contributed by atoms with Crippen LogP contribution in [0.3, 0.4) is 0 Å². The fourth-order valence-corrected chi connectivity index (χ4v) is 3.61. The third-order valence-electron chi connectivity index (χ3n) is 3.80. The van der Waals surface area contributed by atoms with Crippen LogP contribution in [0.25, 0.3) is 0 Å². The van der Waals surface area contributed by atoms with Crippen molar-refractivity contribution >= 4 is 22.0 Å². The first-order valence-electron chi connectivity index (χ1n) is 6.74. The van der Waals surface area contributed by atoms with Crippen LogP contribution in [-0.4, -0.2) is 23.1 Å². The highest BCUT2D eigenvalue weighted by Gasteiger charge is 2.28. The Labute approximate surface area is 117 Å². The number of hydrogen-bond donors (Lipinski definition) is 1. The lowest BCUT2D eigenvalue weighted by atomic mass is 9.94. The van der Waals surface area contributed by atoms with Gasteiger partial charge >= 0.3 is 5.69 Å². The first-order chi connectivity index (χ1) is 9.02. The third kappa shape index (κ3) is 3.06. The SMILES string of the molecule is CCC1CCN(c2sc(C(C)O)cc2[N+](=O)[O-])CC1. The zero-order valence-corrected chi connectivity index (χ0v) is 12.2. The number of hydrogen-bond acceptors (Lipinski definition) is 5. The summed E-state index contributed by atoms with van der Waals surface area (Å²) in [6, 6.07) is 1.51. The lowest BCUT2D eigenvalue weighted by Gasteiger charge is -2.31. The molecule has 0 radical (unpaired) electrons. The minimum absolute atomic E-state index is 0.135. The molecule has 2 heterocycles. The van der Waals surface area contributed by atoms with Crippen LogP contribution in [0.4, 0.5) is 10.7 Å². The maximum absolute atomic E-state index is 11.1. The molecule has 1 unspecified atom stereocenters. The van der Waals surface area contributed by atoms with Gasteiger partial charge in [0.05, 0.1) is 11.0 Å². The first-order valence-corrected chi connectivity index (χ1v) is 7.55. The molecule has 0 amide bonds. The van der Waals surface area contributed by atoms with Gasteiger partial charge in [-0.1, -0.05) is 13.3 Å². The van der Waals surface area contributed by atoms with E-state index < -0.39 is 6.10 Å². The predicted molar refractivity (Wildman–Crippen MR) is 76.8 cm³/mol. The Hall–Kier alpha value is -1.14. The van der Waals surface area contributed by atoms with Gasteiger partial charge in [0.25, 0.3) is 0 Å². The Kier molecular flexibility index (Phi) is 4.42. The van der Waals surface area contributed by atoms with Crippen molar-refractivity contribution in [1.82, 2.24) is 0 Å². The quantitative estimate of drug-likeness (QED) is 0.680. The molecule has 0 spiro atoms. The van der Waals surface area contributed by atoms with E-state index in [0.29, 0.717) is 9.88 Å². The summed E-state index contributed by atoms with van der Waals surface area (Å²) in [7, 11) is 0. The molecule has 1 fully saturated rings. The van der Waals surface area contributed by atoms with Crippen molar-refractivity contribution in [2.45, 2.75) is 39.2 Å². The average molecular weight is 284 g/mol. The molecule has 0 aromatic carbocycles. The van der Waals surface area contributed by atoms with Gasteiger partial charge in [-0.05, 0) is 25.7 Å². The minimum atomic E-state index is -0.648. The van der Waals surface area contributed by atoms with E-state index in [9.17, 15) is 15.2 Å². The molecule has 0 bridgehead atoms. The van der Waals surface area contributed by atoms with Gasteiger partial charge in [-0.3, -0.25) is 10.1 Å². The average Bonchev–Trinajstić information content (AvgIpc) is 2.84. The second kappa shape index (κ2) is 5.88. The number of nitrogens with zero attached hydrogens (tertiary/aromatic N) is 2. The van der Waals surface area contributed by atoms with Crippen molar-refractivity contribution in [3.8, 4) is 0 Å². The molecule has 0 saturated carbocycles. The van der Waals surface area contributed by atoms with Crippen LogP contribution in [0, 0.1) is 16.0 Å². The fourth-order valence-electron chi connectivity index (χ4n) is 2.50. The molecular formula is C13H20N2O3S. The van der Waals surface area contributed by atoms with E-state index in [-0.39, 0.29) is 10.6 Å². The van der Waals surface area contributed by atoms with E-state index in [0.717, 1.165) is 31.8 Å². The molecule has 19 heavy (non-hydrogen) atoms. The second-order valence-electron chi connectivity index (χ2n) is 5.11. The van der Waals surface area contributed by atoms with Gasteiger partial charge in [0.2, 0.25) is 0 Å². The standard InChI is InChI=1S/C13H20N2O3S/c1-3-10-4-6-14(7-5-10)13-11(15(17)18)8-12(19-13)9(2)16/h8-10,16H,3-7H2,1-2H3.